The van der Waals surface area contributed by atoms with Gasteiger partial charge in [0.25, 0.3) is 0 Å². The molecule has 6 rings (SSSR count). The highest BCUT2D eigenvalue weighted by Gasteiger charge is 2.70. The molecule has 0 radical (unpaired) electrons. The lowest BCUT2D eigenvalue weighted by atomic mass is 9.32. The molecule has 0 bridgehead atoms. The van der Waals surface area contributed by atoms with Crippen LogP contribution in [0.3, 0.4) is 0 Å². The van der Waals surface area contributed by atoms with E-state index in [4.69, 9.17) is 5.11 Å². The van der Waals surface area contributed by atoms with Crippen LogP contribution in [0.4, 0.5) is 0 Å². The maximum Gasteiger partial charge on any atom is 0.335 e. The van der Waals surface area contributed by atoms with Crippen LogP contribution < -0.4 is 0 Å². The predicted molar refractivity (Wildman–Crippen MR) is 198 cm³/mol. The Labute approximate surface area is 293 Å². The zero-order chi connectivity index (χ0) is 35.1. The number of allylic oxidation sites excluding steroid dienone is 1. The van der Waals surface area contributed by atoms with E-state index in [0.717, 1.165) is 24.7 Å². The van der Waals surface area contributed by atoms with Gasteiger partial charge in [-0.1, -0.05) is 91.5 Å². The zero-order valence-corrected chi connectivity index (χ0v) is 31.8. The van der Waals surface area contributed by atoms with Crippen molar-refractivity contribution in [1.29, 1.82) is 0 Å². The van der Waals surface area contributed by atoms with Gasteiger partial charge in [-0.15, -0.1) is 0 Å². The van der Waals surface area contributed by atoms with E-state index in [1.807, 2.05) is 12.1 Å². The molecule has 48 heavy (non-hydrogen) atoms. The summed E-state index contributed by atoms with van der Waals surface area (Å²) in [6.07, 6.45) is 19.6. The Morgan fingerprint density at radius 3 is 2.12 bits per heavy atom. The first-order valence-electron chi connectivity index (χ1n) is 19.9. The van der Waals surface area contributed by atoms with Gasteiger partial charge in [0.1, 0.15) is 0 Å². The molecule has 0 heterocycles. The fourth-order valence-electron chi connectivity index (χ4n) is 13.3. The molecular formula is C44H70O4. The van der Waals surface area contributed by atoms with Gasteiger partial charge in [0.05, 0.1) is 11.7 Å². The predicted octanol–water partition coefficient (Wildman–Crippen LogP) is 10.9. The highest BCUT2D eigenvalue weighted by atomic mass is 16.4. The van der Waals surface area contributed by atoms with Crippen LogP contribution in [-0.2, 0) is 6.42 Å². The number of aryl methyl sites for hydroxylation is 1. The molecule has 270 valence electrons. The second kappa shape index (κ2) is 14.2. The van der Waals surface area contributed by atoms with Crippen molar-refractivity contribution in [2.45, 2.75) is 157 Å². The largest absolute Gasteiger partial charge is 0.478 e. The molecular weight excluding hydrogens is 592 g/mol. The molecule has 0 unspecified atom stereocenters. The van der Waals surface area contributed by atoms with Gasteiger partial charge in [-0.25, -0.2) is 4.79 Å². The number of hydrogen-bond donors (Lipinski definition) is 3. The van der Waals surface area contributed by atoms with Gasteiger partial charge in [0, 0.05) is 6.61 Å². The minimum atomic E-state index is -0.852. The first kappa shape index (κ1) is 37.6. The van der Waals surface area contributed by atoms with Crippen molar-refractivity contribution in [3.05, 3.63) is 47.5 Å². The maximum atomic E-state index is 10.9. The highest BCUT2D eigenvalue weighted by molar-refractivity contribution is 5.87. The van der Waals surface area contributed by atoms with Gasteiger partial charge in [-0.2, -0.15) is 0 Å². The lowest BCUT2D eigenvalue weighted by Crippen LogP contribution is -2.66. The lowest BCUT2D eigenvalue weighted by Gasteiger charge is -2.73. The van der Waals surface area contributed by atoms with Crippen LogP contribution in [0.1, 0.15) is 161 Å². The number of aromatic carboxylic acids is 1. The summed E-state index contributed by atoms with van der Waals surface area (Å²) in [5.74, 6) is 2.48. The molecule has 5 aliphatic rings. The van der Waals surface area contributed by atoms with E-state index in [1.54, 1.807) is 12.1 Å². The second-order valence-electron chi connectivity index (χ2n) is 18.7. The van der Waals surface area contributed by atoms with Crippen LogP contribution in [0.25, 0.3) is 0 Å². The quantitative estimate of drug-likeness (QED) is 0.182. The molecule has 5 aliphatic carbocycles. The van der Waals surface area contributed by atoms with Crippen LogP contribution in [0.15, 0.2) is 36.4 Å². The van der Waals surface area contributed by atoms with E-state index in [-0.39, 0.29) is 16.9 Å². The lowest BCUT2D eigenvalue weighted by molar-refractivity contribution is -0.249. The number of rotatable bonds is 9. The van der Waals surface area contributed by atoms with Crippen LogP contribution in [0, 0.1) is 56.7 Å². The Morgan fingerprint density at radius 1 is 0.812 bits per heavy atom. The number of carbonyl (C=O) groups is 1. The van der Waals surface area contributed by atoms with E-state index < -0.39 is 5.97 Å². The SMILES string of the molecule is C=C(C)[C@@H]1CC[C@]2(CO)CC[C@]3(C)[C@H](CC[C@@H]4[C@@]5(C)CC[C@H](O)C(C)(C)[C@@H]5CC[C@]43C)[C@@H]12.CCCCCCCc1ccc(C(=O)O)cc1. The summed E-state index contributed by atoms with van der Waals surface area (Å²) in [6.45, 7) is 21.9. The number of hydrogen-bond acceptors (Lipinski definition) is 3. The molecule has 4 nitrogen and oxygen atoms in total. The second-order valence-corrected chi connectivity index (χ2v) is 18.7. The standard InChI is InChI=1S/C30H50O2.C14H20O2/c1-19(2)20-10-15-30(18-31)17-16-28(6)21(25(20)30)8-9-23-27(5)13-12-24(32)26(3,4)22(27)11-14-29(23,28)7;1-2-3-4-5-6-7-12-8-10-13(11-9-12)14(15)16/h20-25,31-32H,1,8-18H2,2-7H3;8-11H,2-7H2,1H3,(H,15,16)/t20-,21+,22-,23+,24-,25+,27-,28+,29+,30+;/m0./s1. The number of unbranched alkanes of at least 4 members (excludes halogenated alkanes) is 4. The van der Waals surface area contributed by atoms with Crippen LogP contribution in [0.5, 0.6) is 0 Å². The number of aliphatic hydroxyl groups excluding tert-OH is 2. The fourth-order valence-corrected chi connectivity index (χ4v) is 13.3. The summed E-state index contributed by atoms with van der Waals surface area (Å²) in [7, 11) is 0. The highest BCUT2D eigenvalue weighted by Crippen LogP contribution is 2.77. The molecule has 5 saturated carbocycles. The van der Waals surface area contributed by atoms with Crippen LogP contribution in [-0.4, -0.2) is 34.0 Å². The number of carboxylic acids is 1. The third kappa shape index (κ3) is 6.26. The van der Waals surface area contributed by atoms with Gasteiger partial charge in [-0.3, -0.25) is 0 Å². The van der Waals surface area contributed by atoms with E-state index in [2.05, 4.69) is 55.0 Å². The molecule has 4 heteroatoms. The van der Waals surface area contributed by atoms with Crippen molar-refractivity contribution >= 4 is 5.97 Å². The average molecular weight is 663 g/mol. The van der Waals surface area contributed by atoms with Crippen molar-refractivity contribution in [3.63, 3.8) is 0 Å². The number of aliphatic hydroxyl groups is 2. The molecule has 0 spiro atoms. The smallest absolute Gasteiger partial charge is 0.335 e. The van der Waals surface area contributed by atoms with Gasteiger partial charge in [0.15, 0.2) is 0 Å². The van der Waals surface area contributed by atoms with E-state index in [1.165, 1.54) is 101 Å². The van der Waals surface area contributed by atoms with Crippen molar-refractivity contribution in [1.82, 2.24) is 0 Å². The van der Waals surface area contributed by atoms with Gasteiger partial charge < -0.3 is 15.3 Å². The fraction of sp³-hybridized carbons (Fsp3) is 0.795. The first-order valence-corrected chi connectivity index (χ1v) is 19.9. The van der Waals surface area contributed by atoms with Gasteiger partial charge >= 0.3 is 5.97 Å². The summed E-state index contributed by atoms with van der Waals surface area (Å²) in [6, 6.07) is 7.21. The van der Waals surface area contributed by atoms with E-state index in [0.29, 0.717) is 46.2 Å². The molecule has 1 aromatic rings. The monoisotopic (exact) mass is 663 g/mol. The molecule has 1 aromatic carbocycles. The summed E-state index contributed by atoms with van der Waals surface area (Å²) in [5, 5.41) is 30.3. The first-order chi connectivity index (χ1) is 22.6. The Kier molecular flexibility index (Phi) is 11.1. The molecule has 0 aromatic heterocycles. The number of benzene rings is 1. The molecule has 3 N–H and O–H groups in total. The van der Waals surface area contributed by atoms with E-state index in [9.17, 15) is 15.0 Å². The molecule has 0 aliphatic heterocycles. The summed E-state index contributed by atoms with van der Waals surface area (Å²) < 4.78 is 0. The third-order valence-electron chi connectivity index (χ3n) is 16.3. The van der Waals surface area contributed by atoms with Crippen LogP contribution >= 0.6 is 0 Å². The maximum absolute atomic E-state index is 10.9. The minimum Gasteiger partial charge on any atom is -0.478 e. The number of carboxylic acid groups (broad SMARTS) is 1. The van der Waals surface area contributed by atoms with E-state index >= 15 is 0 Å². The summed E-state index contributed by atoms with van der Waals surface area (Å²) in [5.41, 5.74) is 4.21. The molecule has 0 saturated heterocycles. The molecule has 5 fully saturated rings. The Hall–Kier alpha value is -1.65. The Bertz CT molecular complexity index is 1280. The third-order valence-corrected chi connectivity index (χ3v) is 16.3. The number of fused-ring (bicyclic) bond motifs is 7. The van der Waals surface area contributed by atoms with Crippen molar-refractivity contribution < 1.29 is 20.1 Å². The molecule has 10 atom stereocenters. The van der Waals surface area contributed by atoms with Gasteiger partial charge in [0.2, 0.25) is 0 Å². The Balaban J connectivity index is 0.000000238. The topological polar surface area (TPSA) is 77.8 Å². The summed E-state index contributed by atoms with van der Waals surface area (Å²) in [4.78, 5) is 10.6. The van der Waals surface area contributed by atoms with Crippen molar-refractivity contribution in [2.24, 2.45) is 56.7 Å². The normalized spacial score (nSPS) is 41.1. The van der Waals surface area contributed by atoms with Crippen molar-refractivity contribution in [2.75, 3.05) is 6.61 Å². The summed E-state index contributed by atoms with van der Waals surface area (Å²) >= 11 is 0. The zero-order valence-electron chi connectivity index (χ0n) is 31.8. The minimum absolute atomic E-state index is 0.0290. The molecule has 0 amide bonds. The average Bonchev–Trinajstić information content (AvgIpc) is 3.44. The Morgan fingerprint density at radius 2 is 1.50 bits per heavy atom. The van der Waals surface area contributed by atoms with Gasteiger partial charge in [-0.05, 0) is 158 Å². The van der Waals surface area contributed by atoms with Crippen molar-refractivity contribution in [3.8, 4) is 0 Å². The van der Waals surface area contributed by atoms with Crippen LogP contribution in [0.2, 0.25) is 0 Å².